The summed E-state index contributed by atoms with van der Waals surface area (Å²) in [6.07, 6.45) is -0.937. The highest BCUT2D eigenvalue weighted by atomic mass is 16.6. The number of nitrogens with zero attached hydrogens (tertiary/aromatic N) is 2. The summed E-state index contributed by atoms with van der Waals surface area (Å²) in [6, 6.07) is 12.9. The molecule has 1 saturated heterocycles. The van der Waals surface area contributed by atoms with E-state index in [9.17, 15) is 24.3 Å². The summed E-state index contributed by atoms with van der Waals surface area (Å²) in [6.45, 7) is 7.06. The number of rotatable bonds is 10. The number of hydrogen-bond acceptors (Lipinski definition) is 9. The van der Waals surface area contributed by atoms with Crippen LogP contribution < -0.4 is 5.32 Å². The van der Waals surface area contributed by atoms with Crippen molar-refractivity contribution in [1.29, 1.82) is 0 Å². The van der Waals surface area contributed by atoms with Crippen LogP contribution >= 0.6 is 0 Å². The molecule has 1 aromatic heterocycles. The fourth-order valence-electron chi connectivity index (χ4n) is 4.62. The standard InChI is InChI=1S/C29H38BN3O7/c1-18(2)14-22(30-39-26(36)15-19(3)33(5)17-27(37)40-30)16-25(35)28(20(4)34)32-29(38)24-13-9-12-23(31-24)21-10-7-6-8-11-21/h6-13,18-20,22,28,34H,14-17H2,1-5H3,(H,32,38)/t19-,20+,22+,28-/m0/s1. The van der Waals surface area contributed by atoms with Crippen LogP contribution in [0.25, 0.3) is 11.3 Å². The first-order valence-corrected chi connectivity index (χ1v) is 13.6. The van der Waals surface area contributed by atoms with Gasteiger partial charge in [0.05, 0.1) is 24.8 Å². The average Bonchev–Trinajstić information content (AvgIpc) is 2.94. The molecule has 1 aromatic carbocycles. The number of nitrogens with one attached hydrogen (secondary N) is 1. The Morgan fingerprint density at radius 3 is 2.40 bits per heavy atom. The molecule has 0 radical (unpaired) electrons. The molecule has 10 nitrogen and oxygen atoms in total. The van der Waals surface area contributed by atoms with Crippen LogP contribution in [0.5, 0.6) is 0 Å². The Kier molecular flexibility index (Phi) is 11.0. The molecule has 2 heterocycles. The van der Waals surface area contributed by atoms with Crippen molar-refractivity contribution < 1.29 is 33.6 Å². The number of Topliss-reactive ketones (excluding diaryl/α,β-unsaturated/α-hetero) is 1. The Bertz CT molecular complexity index is 1170. The molecule has 0 unspecified atom stereocenters. The summed E-state index contributed by atoms with van der Waals surface area (Å²) in [7, 11) is 0.453. The summed E-state index contributed by atoms with van der Waals surface area (Å²) in [5.74, 6) is -2.80. The lowest BCUT2D eigenvalue weighted by molar-refractivity contribution is -0.139. The summed E-state index contributed by atoms with van der Waals surface area (Å²) in [4.78, 5) is 57.9. The Morgan fingerprint density at radius 2 is 1.75 bits per heavy atom. The van der Waals surface area contributed by atoms with Gasteiger partial charge in [0.25, 0.3) is 11.9 Å². The van der Waals surface area contributed by atoms with Crippen molar-refractivity contribution >= 4 is 30.7 Å². The first-order valence-electron chi connectivity index (χ1n) is 13.6. The zero-order valence-electron chi connectivity index (χ0n) is 23.7. The lowest BCUT2D eigenvalue weighted by Gasteiger charge is -2.26. The second kappa shape index (κ2) is 14.2. The van der Waals surface area contributed by atoms with Gasteiger partial charge in [0.15, 0.2) is 5.78 Å². The van der Waals surface area contributed by atoms with Crippen molar-refractivity contribution in [2.45, 2.75) is 71.0 Å². The first-order chi connectivity index (χ1) is 18.9. The lowest BCUT2D eigenvalue weighted by atomic mass is 9.64. The molecule has 0 spiro atoms. The predicted molar refractivity (Wildman–Crippen MR) is 150 cm³/mol. The van der Waals surface area contributed by atoms with E-state index in [1.807, 2.05) is 51.1 Å². The molecule has 214 valence electrons. The largest absolute Gasteiger partial charge is 0.602 e. The topological polar surface area (TPSA) is 135 Å². The summed E-state index contributed by atoms with van der Waals surface area (Å²) < 4.78 is 11.1. The maximum atomic E-state index is 13.5. The number of benzene rings is 1. The Balaban J connectivity index is 1.78. The van der Waals surface area contributed by atoms with Crippen molar-refractivity contribution in [2.75, 3.05) is 13.6 Å². The Morgan fingerprint density at radius 1 is 1.07 bits per heavy atom. The highest BCUT2D eigenvalue weighted by Gasteiger charge is 2.42. The van der Waals surface area contributed by atoms with Gasteiger partial charge < -0.3 is 19.7 Å². The highest BCUT2D eigenvalue weighted by molar-refractivity contribution is 6.51. The molecule has 4 atom stereocenters. The van der Waals surface area contributed by atoms with Gasteiger partial charge in [-0.3, -0.25) is 24.1 Å². The summed E-state index contributed by atoms with van der Waals surface area (Å²) in [5, 5.41) is 13.1. The lowest BCUT2D eigenvalue weighted by Crippen LogP contribution is -2.49. The molecule has 0 aliphatic carbocycles. The number of carbonyl (C=O) groups is 4. The zero-order chi connectivity index (χ0) is 29.4. The Labute approximate surface area is 235 Å². The van der Waals surface area contributed by atoms with E-state index in [1.165, 1.54) is 13.0 Å². The minimum Gasteiger partial charge on any atom is -0.499 e. The summed E-state index contributed by atoms with van der Waals surface area (Å²) >= 11 is 0. The SMILES string of the molecule is CC(C)C[C@H](CC(=O)[C@@H](NC(=O)c1cccc(-c2ccccc2)n1)[C@@H](C)O)B1OC(=O)C[C@H](C)N(C)CC(=O)O1. The van der Waals surface area contributed by atoms with Crippen molar-refractivity contribution in [3.8, 4) is 11.3 Å². The van der Waals surface area contributed by atoms with Crippen LogP contribution in [0.4, 0.5) is 0 Å². The molecule has 0 saturated carbocycles. The third-order valence-electron chi connectivity index (χ3n) is 6.88. The fourth-order valence-corrected chi connectivity index (χ4v) is 4.62. The second-order valence-corrected chi connectivity index (χ2v) is 10.8. The minimum atomic E-state index is -1.26. The fraction of sp³-hybridized carbons (Fsp3) is 0.483. The molecule has 40 heavy (non-hydrogen) atoms. The number of likely N-dealkylation sites (N-methyl/N-ethyl adjacent to an activating group) is 1. The van der Waals surface area contributed by atoms with Gasteiger partial charge >= 0.3 is 13.1 Å². The normalized spacial score (nSPS) is 19.0. The van der Waals surface area contributed by atoms with Crippen LogP contribution in [0.3, 0.4) is 0 Å². The number of ketones is 1. The minimum absolute atomic E-state index is 0.0297. The molecular weight excluding hydrogens is 513 g/mol. The number of amides is 1. The molecule has 0 bridgehead atoms. The van der Waals surface area contributed by atoms with Gasteiger partial charge in [-0.25, -0.2) is 4.98 Å². The van der Waals surface area contributed by atoms with Crippen LogP contribution in [0.15, 0.2) is 48.5 Å². The van der Waals surface area contributed by atoms with Crippen molar-refractivity contribution in [3.05, 3.63) is 54.2 Å². The van der Waals surface area contributed by atoms with Crippen LogP contribution in [0.1, 0.15) is 57.4 Å². The maximum absolute atomic E-state index is 13.5. The van der Waals surface area contributed by atoms with E-state index in [2.05, 4.69) is 10.3 Å². The zero-order valence-corrected chi connectivity index (χ0v) is 23.7. The second-order valence-electron chi connectivity index (χ2n) is 10.8. The van der Waals surface area contributed by atoms with Gasteiger partial charge in [0.2, 0.25) is 0 Å². The predicted octanol–water partition coefficient (Wildman–Crippen LogP) is 2.90. The van der Waals surface area contributed by atoms with Gasteiger partial charge in [0, 0.05) is 23.8 Å². The van der Waals surface area contributed by atoms with Crippen LogP contribution in [0, 0.1) is 5.92 Å². The van der Waals surface area contributed by atoms with E-state index in [-0.39, 0.29) is 37.0 Å². The van der Waals surface area contributed by atoms with Gasteiger partial charge in [-0.1, -0.05) is 50.2 Å². The van der Waals surface area contributed by atoms with E-state index in [0.29, 0.717) is 12.1 Å². The molecule has 1 aliphatic heterocycles. The number of aliphatic hydroxyl groups excluding tert-OH is 1. The summed E-state index contributed by atoms with van der Waals surface area (Å²) in [5.41, 5.74) is 1.52. The third kappa shape index (κ3) is 8.72. The molecule has 2 aromatic rings. The number of aromatic nitrogens is 1. The number of pyridine rings is 1. The van der Waals surface area contributed by atoms with Crippen molar-refractivity contribution in [2.24, 2.45) is 5.92 Å². The van der Waals surface area contributed by atoms with Gasteiger partial charge in [-0.2, -0.15) is 0 Å². The molecule has 1 amide bonds. The number of carbonyl (C=O) groups excluding carboxylic acids is 4. The van der Waals surface area contributed by atoms with E-state index in [0.717, 1.165) is 5.56 Å². The van der Waals surface area contributed by atoms with E-state index < -0.39 is 48.7 Å². The van der Waals surface area contributed by atoms with E-state index >= 15 is 0 Å². The van der Waals surface area contributed by atoms with Crippen LogP contribution in [-0.2, 0) is 23.7 Å². The van der Waals surface area contributed by atoms with Crippen molar-refractivity contribution in [1.82, 2.24) is 15.2 Å². The molecule has 1 fully saturated rings. The monoisotopic (exact) mass is 551 g/mol. The third-order valence-corrected chi connectivity index (χ3v) is 6.88. The molecular formula is C29H38BN3O7. The molecule has 1 aliphatic rings. The van der Waals surface area contributed by atoms with Gasteiger partial charge in [-0.15, -0.1) is 0 Å². The first kappa shape index (κ1) is 31.0. The average molecular weight is 551 g/mol. The molecule has 11 heteroatoms. The maximum Gasteiger partial charge on any atom is 0.602 e. The van der Waals surface area contributed by atoms with E-state index in [1.54, 1.807) is 24.1 Å². The van der Waals surface area contributed by atoms with Crippen molar-refractivity contribution in [3.63, 3.8) is 0 Å². The number of hydrogen-bond donors (Lipinski definition) is 2. The molecule has 2 N–H and O–H groups in total. The van der Waals surface area contributed by atoms with Crippen LogP contribution in [-0.4, -0.2) is 77.5 Å². The smallest absolute Gasteiger partial charge is 0.499 e. The number of aliphatic hydroxyl groups is 1. The molecule has 3 rings (SSSR count). The van der Waals surface area contributed by atoms with Crippen LogP contribution in [0.2, 0.25) is 5.82 Å². The quantitative estimate of drug-likeness (QED) is 0.428. The van der Waals surface area contributed by atoms with E-state index in [4.69, 9.17) is 9.31 Å². The van der Waals surface area contributed by atoms with Gasteiger partial charge in [-0.05, 0) is 45.4 Å². The Hall–Kier alpha value is -3.57. The van der Waals surface area contributed by atoms with Gasteiger partial charge in [0.1, 0.15) is 11.7 Å². The highest BCUT2D eigenvalue weighted by Crippen LogP contribution is 2.29.